The predicted molar refractivity (Wildman–Crippen MR) is 39.4 cm³/mol. The molecule has 0 unspecified atom stereocenters. The quantitative estimate of drug-likeness (QED) is 0.389. The zero-order valence-electron chi connectivity index (χ0n) is 5.88. The highest BCUT2D eigenvalue weighted by molar-refractivity contribution is 5.90. The summed E-state index contributed by atoms with van der Waals surface area (Å²) in [7, 11) is 0. The topological polar surface area (TPSA) is 118 Å². The first-order valence-electron chi connectivity index (χ1n) is 2.92. The number of hydrogen-bond acceptors (Lipinski definition) is 4. The molecule has 2 N–H and O–H groups in total. The molecule has 60 valence electrons. The fraction of sp³-hybridized carbons (Fsp3) is 0. The number of carbonyl (C=O) groups is 1. The molecule has 1 aromatic heterocycles. The number of hydrogen-bond donors (Lipinski definition) is 1. The van der Waals surface area contributed by atoms with Gasteiger partial charge in [-0.05, 0) is 22.8 Å². The lowest BCUT2D eigenvalue weighted by molar-refractivity contribution is 0.0994. The van der Waals surface area contributed by atoms with Crippen LogP contribution < -0.4 is 5.73 Å². The average Bonchev–Trinajstić information content (AvgIpc) is 2.06. The van der Waals surface area contributed by atoms with Gasteiger partial charge in [0.05, 0.1) is 0 Å². The van der Waals surface area contributed by atoms with Gasteiger partial charge in [0.15, 0.2) is 5.69 Å². The maximum Gasteiger partial charge on any atom is 0.269 e. The Hall–Kier alpha value is -2.14. The second kappa shape index (κ2) is 3.31. The van der Waals surface area contributed by atoms with Gasteiger partial charge >= 0.3 is 0 Å². The highest BCUT2D eigenvalue weighted by atomic mass is 16.1. The van der Waals surface area contributed by atoms with Crippen LogP contribution in [0, 0.1) is 0 Å². The Morgan fingerprint density at radius 3 is 2.75 bits per heavy atom. The molecule has 0 aliphatic carbocycles. The van der Waals surface area contributed by atoms with Gasteiger partial charge < -0.3 is 5.73 Å². The molecule has 1 rings (SSSR count). The third-order valence-electron chi connectivity index (χ3n) is 1.05. The number of rotatable bonds is 2. The number of carbonyl (C=O) groups excluding carboxylic acids is 1. The van der Waals surface area contributed by atoms with E-state index >= 15 is 0 Å². The van der Waals surface area contributed by atoms with Gasteiger partial charge in [-0.15, -0.1) is 10.2 Å². The van der Waals surface area contributed by atoms with E-state index in [1.807, 2.05) is 0 Å². The summed E-state index contributed by atoms with van der Waals surface area (Å²) in [4.78, 5) is 13.0. The number of primary amides is 1. The molecule has 1 heterocycles. The molecular formula is C5H4N6O. The first kappa shape index (κ1) is 7.96. The van der Waals surface area contributed by atoms with Crippen molar-refractivity contribution in [3.63, 3.8) is 0 Å². The van der Waals surface area contributed by atoms with Gasteiger partial charge in [-0.2, -0.15) is 0 Å². The van der Waals surface area contributed by atoms with E-state index in [0.717, 1.165) is 0 Å². The molecular weight excluding hydrogens is 160 g/mol. The van der Waals surface area contributed by atoms with Crippen LogP contribution in [0.5, 0.6) is 0 Å². The van der Waals surface area contributed by atoms with E-state index in [4.69, 9.17) is 11.3 Å². The Morgan fingerprint density at radius 1 is 1.58 bits per heavy atom. The van der Waals surface area contributed by atoms with Gasteiger partial charge in [0.1, 0.15) is 5.82 Å². The monoisotopic (exact) mass is 164 g/mol. The van der Waals surface area contributed by atoms with Gasteiger partial charge in [0, 0.05) is 4.91 Å². The summed E-state index contributed by atoms with van der Waals surface area (Å²) < 4.78 is 0. The van der Waals surface area contributed by atoms with Crippen molar-refractivity contribution >= 4 is 11.7 Å². The highest BCUT2D eigenvalue weighted by Crippen LogP contribution is 2.04. The van der Waals surface area contributed by atoms with E-state index in [0.29, 0.717) is 0 Å². The molecule has 0 aliphatic heterocycles. The second-order valence-electron chi connectivity index (χ2n) is 1.83. The summed E-state index contributed by atoms with van der Waals surface area (Å²) in [5, 5.41) is 9.99. The third-order valence-corrected chi connectivity index (χ3v) is 1.05. The lowest BCUT2D eigenvalue weighted by Gasteiger charge is -1.91. The molecule has 1 aromatic rings. The summed E-state index contributed by atoms with van der Waals surface area (Å²) in [5.41, 5.74) is 12.9. The zero-order valence-corrected chi connectivity index (χ0v) is 5.88. The fourth-order valence-corrected chi connectivity index (χ4v) is 0.556. The second-order valence-corrected chi connectivity index (χ2v) is 1.83. The maximum atomic E-state index is 10.5. The lowest BCUT2D eigenvalue weighted by Crippen LogP contribution is -2.13. The summed E-state index contributed by atoms with van der Waals surface area (Å²) in [5.74, 6) is -0.572. The SMILES string of the molecule is [N-]=[N+]=Nc1ccc(C(N)=O)nn1. The van der Waals surface area contributed by atoms with Crippen LogP contribution in [0.1, 0.15) is 10.5 Å². The largest absolute Gasteiger partial charge is 0.364 e. The van der Waals surface area contributed by atoms with E-state index in [1.165, 1.54) is 12.1 Å². The van der Waals surface area contributed by atoms with Crippen LogP contribution in [0.25, 0.3) is 10.4 Å². The van der Waals surface area contributed by atoms with Crippen molar-refractivity contribution in [3.8, 4) is 0 Å². The van der Waals surface area contributed by atoms with Gasteiger partial charge in [-0.3, -0.25) is 4.79 Å². The van der Waals surface area contributed by atoms with Gasteiger partial charge in [0.25, 0.3) is 5.91 Å². The molecule has 0 radical (unpaired) electrons. The maximum absolute atomic E-state index is 10.5. The van der Waals surface area contributed by atoms with Crippen LogP contribution >= 0.6 is 0 Å². The fourth-order valence-electron chi connectivity index (χ4n) is 0.556. The Bertz CT molecular complexity index is 316. The van der Waals surface area contributed by atoms with Crippen molar-refractivity contribution in [2.75, 3.05) is 0 Å². The van der Waals surface area contributed by atoms with Crippen LogP contribution in [0.2, 0.25) is 0 Å². The van der Waals surface area contributed by atoms with Gasteiger partial charge in [-0.1, -0.05) is 0 Å². The number of nitrogens with zero attached hydrogens (tertiary/aromatic N) is 5. The minimum Gasteiger partial charge on any atom is -0.364 e. The Labute approximate surface area is 66.8 Å². The molecule has 0 fully saturated rings. The van der Waals surface area contributed by atoms with Crippen LogP contribution in [-0.4, -0.2) is 16.1 Å². The average molecular weight is 164 g/mol. The summed E-state index contributed by atoms with van der Waals surface area (Å²) in [6.45, 7) is 0. The molecule has 0 aliphatic rings. The summed E-state index contributed by atoms with van der Waals surface area (Å²) in [6.07, 6.45) is 0. The van der Waals surface area contributed by atoms with Crippen LogP contribution in [0.4, 0.5) is 5.82 Å². The number of azide groups is 1. The van der Waals surface area contributed by atoms with E-state index in [-0.39, 0.29) is 11.5 Å². The Morgan fingerprint density at radius 2 is 2.33 bits per heavy atom. The predicted octanol–water partition coefficient (Wildman–Crippen LogP) is 0.517. The van der Waals surface area contributed by atoms with Crippen LogP contribution in [0.15, 0.2) is 17.2 Å². The van der Waals surface area contributed by atoms with Crippen molar-refractivity contribution in [2.45, 2.75) is 0 Å². The number of aromatic nitrogens is 2. The van der Waals surface area contributed by atoms with Crippen molar-refractivity contribution in [1.29, 1.82) is 0 Å². The summed E-state index contributed by atoms with van der Waals surface area (Å²) >= 11 is 0. The highest BCUT2D eigenvalue weighted by Gasteiger charge is 2.00. The zero-order chi connectivity index (χ0) is 8.97. The standard InChI is InChI=1S/C5H4N6O/c6-5(12)3-1-2-4(9-8-3)10-11-7/h1-2H,(H2,6,12). The first-order valence-corrected chi connectivity index (χ1v) is 2.92. The Balaban J connectivity index is 3.00. The molecule has 0 bridgehead atoms. The molecule has 12 heavy (non-hydrogen) atoms. The summed E-state index contributed by atoms with van der Waals surface area (Å²) in [6, 6.07) is 2.69. The van der Waals surface area contributed by atoms with Crippen LogP contribution in [-0.2, 0) is 0 Å². The van der Waals surface area contributed by atoms with Crippen LogP contribution in [0.3, 0.4) is 0 Å². The van der Waals surface area contributed by atoms with Gasteiger partial charge in [0.2, 0.25) is 0 Å². The minimum atomic E-state index is -0.671. The van der Waals surface area contributed by atoms with Crippen molar-refractivity contribution in [2.24, 2.45) is 10.8 Å². The van der Waals surface area contributed by atoms with Crippen molar-refractivity contribution in [1.82, 2.24) is 10.2 Å². The molecule has 0 saturated carbocycles. The van der Waals surface area contributed by atoms with Crippen molar-refractivity contribution < 1.29 is 4.79 Å². The first-order chi connectivity index (χ1) is 5.74. The Kier molecular flexibility index (Phi) is 2.20. The molecule has 0 aromatic carbocycles. The molecule has 0 spiro atoms. The third kappa shape index (κ3) is 1.68. The smallest absolute Gasteiger partial charge is 0.269 e. The van der Waals surface area contributed by atoms with Crippen molar-refractivity contribution in [3.05, 3.63) is 28.3 Å². The minimum absolute atomic E-state index is 0.0342. The molecule has 0 saturated heterocycles. The molecule has 7 heteroatoms. The number of amides is 1. The lowest BCUT2D eigenvalue weighted by atomic mass is 10.4. The normalized spacial score (nSPS) is 8.67. The van der Waals surface area contributed by atoms with E-state index in [2.05, 4.69) is 20.2 Å². The molecule has 7 nitrogen and oxygen atoms in total. The molecule has 1 amide bonds. The number of nitrogens with two attached hydrogens (primary N) is 1. The van der Waals surface area contributed by atoms with E-state index < -0.39 is 5.91 Å². The van der Waals surface area contributed by atoms with E-state index in [9.17, 15) is 4.79 Å². The molecule has 0 atom stereocenters. The van der Waals surface area contributed by atoms with E-state index in [1.54, 1.807) is 0 Å². The van der Waals surface area contributed by atoms with Gasteiger partial charge in [-0.25, -0.2) is 0 Å².